The lowest BCUT2D eigenvalue weighted by atomic mass is 10.2. The molecular weight excluding hydrogens is 276 g/mol. The lowest BCUT2D eigenvalue weighted by molar-refractivity contribution is 0.384. The second-order valence-corrected chi connectivity index (χ2v) is 6.90. The third-order valence-corrected chi connectivity index (χ3v) is 5.44. The van der Waals surface area contributed by atoms with Crippen molar-refractivity contribution in [3.05, 3.63) is 23.8 Å². The van der Waals surface area contributed by atoms with E-state index < -0.39 is 10.0 Å². The molecule has 5 nitrogen and oxygen atoms in total. The van der Waals surface area contributed by atoms with Crippen molar-refractivity contribution < 1.29 is 13.2 Å². The van der Waals surface area contributed by atoms with Crippen LogP contribution in [0.15, 0.2) is 23.1 Å². The van der Waals surface area contributed by atoms with Crippen LogP contribution in [-0.2, 0) is 16.6 Å². The van der Waals surface area contributed by atoms with E-state index in [4.69, 9.17) is 10.5 Å². The number of benzene rings is 1. The highest BCUT2D eigenvalue weighted by molar-refractivity contribution is 7.89. The van der Waals surface area contributed by atoms with Crippen LogP contribution in [0.25, 0.3) is 0 Å². The van der Waals surface area contributed by atoms with E-state index in [1.54, 1.807) is 22.5 Å². The molecule has 0 spiro atoms. The number of ether oxygens (including phenoxy) is 1. The maximum absolute atomic E-state index is 12.8. The van der Waals surface area contributed by atoms with E-state index in [-0.39, 0.29) is 10.9 Å². The van der Waals surface area contributed by atoms with E-state index in [0.29, 0.717) is 18.8 Å². The molecule has 0 atom stereocenters. The Kier molecular flexibility index (Phi) is 4.67. The fourth-order valence-electron chi connectivity index (χ4n) is 2.26. The predicted molar refractivity (Wildman–Crippen MR) is 78.1 cm³/mol. The van der Waals surface area contributed by atoms with Crippen molar-refractivity contribution in [2.75, 3.05) is 13.7 Å². The van der Waals surface area contributed by atoms with Crippen LogP contribution in [0.3, 0.4) is 0 Å². The minimum Gasteiger partial charge on any atom is -0.495 e. The topological polar surface area (TPSA) is 72.6 Å². The van der Waals surface area contributed by atoms with Gasteiger partial charge >= 0.3 is 0 Å². The molecule has 0 aliphatic heterocycles. The summed E-state index contributed by atoms with van der Waals surface area (Å²) in [5.74, 6) is 0.370. The van der Waals surface area contributed by atoms with Crippen molar-refractivity contribution in [2.24, 2.45) is 5.73 Å². The van der Waals surface area contributed by atoms with Gasteiger partial charge in [-0.05, 0) is 37.0 Å². The highest BCUT2D eigenvalue weighted by Crippen LogP contribution is 2.35. The zero-order valence-corrected chi connectivity index (χ0v) is 12.8. The summed E-state index contributed by atoms with van der Waals surface area (Å²) < 4.78 is 32.4. The van der Waals surface area contributed by atoms with Gasteiger partial charge in [-0.2, -0.15) is 4.31 Å². The van der Waals surface area contributed by atoms with Crippen LogP contribution >= 0.6 is 0 Å². The number of rotatable bonds is 7. The highest BCUT2D eigenvalue weighted by atomic mass is 32.2. The van der Waals surface area contributed by atoms with Gasteiger partial charge in [0.1, 0.15) is 10.6 Å². The van der Waals surface area contributed by atoms with Crippen LogP contribution in [-0.4, -0.2) is 32.4 Å². The second-order valence-electron chi connectivity index (χ2n) is 5.04. The van der Waals surface area contributed by atoms with Crippen LogP contribution in [0, 0.1) is 0 Å². The average Bonchev–Trinajstić information content (AvgIpc) is 3.28. The van der Waals surface area contributed by atoms with Gasteiger partial charge in [-0.15, -0.1) is 0 Å². The first-order chi connectivity index (χ1) is 9.54. The normalized spacial score (nSPS) is 15.6. The molecule has 1 aromatic carbocycles. The minimum atomic E-state index is -3.50. The van der Waals surface area contributed by atoms with Gasteiger partial charge in [0.05, 0.1) is 7.11 Å². The maximum Gasteiger partial charge on any atom is 0.247 e. The molecule has 1 saturated carbocycles. The van der Waals surface area contributed by atoms with E-state index in [1.807, 2.05) is 6.92 Å². The first kappa shape index (κ1) is 15.3. The molecule has 0 unspecified atom stereocenters. The van der Waals surface area contributed by atoms with Gasteiger partial charge in [0.25, 0.3) is 0 Å². The van der Waals surface area contributed by atoms with E-state index >= 15 is 0 Å². The molecule has 1 fully saturated rings. The molecule has 1 aliphatic rings. The van der Waals surface area contributed by atoms with Gasteiger partial charge in [0.2, 0.25) is 10.0 Å². The van der Waals surface area contributed by atoms with Crippen LogP contribution in [0.5, 0.6) is 5.75 Å². The molecule has 112 valence electrons. The fourth-order valence-corrected chi connectivity index (χ4v) is 4.18. The van der Waals surface area contributed by atoms with E-state index in [2.05, 4.69) is 0 Å². The monoisotopic (exact) mass is 298 g/mol. The Morgan fingerprint density at radius 1 is 1.40 bits per heavy atom. The summed E-state index contributed by atoms with van der Waals surface area (Å²) in [6.07, 6.45) is 2.70. The largest absolute Gasteiger partial charge is 0.495 e. The maximum atomic E-state index is 12.8. The first-order valence-electron chi connectivity index (χ1n) is 6.93. The van der Waals surface area contributed by atoms with Gasteiger partial charge < -0.3 is 10.5 Å². The number of hydrogen-bond donors (Lipinski definition) is 1. The molecule has 6 heteroatoms. The minimum absolute atomic E-state index is 0.152. The Morgan fingerprint density at radius 3 is 2.60 bits per heavy atom. The van der Waals surface area contributed by atoms with E-state index in [9.17, 15) is 8.42 Å². The second kappa shape index (κ2) is 6.11. The summed E-state index contributed by atoms with van der Waals surface area (Å²) in [5, 5.41) is 0. The molecular formula is C14H22N2O3S. The summed E-state index contributed by atoms with van der Waals surface area (Å²) in [4.78, 5) is 0.234. The van der Waals surface area contributed by atoms with Crippen molar-refractivity contribution in [3.8, 4) is 5.75 Å². The van der Waals surface area contributed by atoms with Gasteiger partial charge in [0.15, 0.2) is 0 Å². The smallest absolute Gasteiger partial charge is 0.247 e. The molecule has 0 amide bonds. The zero-order valence-electron chi connectivity index (χ0n) is 12.0. The van der Waals surface area contributed by atoms with Gasteiger partial charge in [-0.3, -0.25) is 0 Å². The van der Waals surface area contributed by atoms with Crippen LogP contribution in [0.1, 0.15) is 31.7 Å². The molecule has 1 aliphatic carbocycles. The summed E-state index contributed by atoms with van der Waals surface area (Å²) in [5.41, 5.74) is 6.44. The zero-order chi connectivity index (χ0) is 14.8. The van der Waals surface area contributed by atoms with E-state index in [0.717, 1.165) is 24.8 Å². The SMILES string of the molecule is CCCN(C1CC1)S(=O)(=O)c1ccc(CN)cc1OC. The molecule has 0 radical (unpaired) electrons. The van der Waals surface area contributed by atoms with Crippen molar-refractivity contribution in [2.45, 2.75) is 43.7 Å². The third kappa shape index (κ3) is 2.97. The highest BCUT2D eigenvalue weighted by Gasteiger charge is 2.38. The number of sulfonamides is 1. The molecule has 0 saturated heterocycles. The number of nitrogens with zero attached hydrogens (tertiary/aromatic N) is 1. The fraction of sp³-hybridized carbons (Fsp3) is 0.571. The molecule has 0 heterocycles. The summed E-state index contributed by atoms with van der Waals surface area (Å²) >= 11 is 0. The first-order valence-corrected chi connectivity index (χ1v) is 8.37. The molecule has 2 rings (SSSR count). The lowest BCUT2D eigenvalue weighted by Gasteiger charge is -2.22. The van der Waals surface area contributed by atoms with Crippen molar-refractivity contribution >= 4 is 10.0 Å². The van der Waals surface area contributed by atoms with E-state index in [1.165, 1.54) is 7.11 Å². The van der Waals surface area contributed by atoms with Crippen LogP contribution in [0.4, 0.5) is 0 Å². The molecule has 20 heavy (non-hydrogen) atoms. The number of nitrogens with two attached hydrogens (primary N) is 1. The summed E-state index contributed by atoms with van der Waals surface area (Å²) in [6.45, 7) is 2.90. The van der Waals surface area contributed by atoms with Crippen molar-refractivity contribution in [3.63, 3.8) is 0 Å². The number of hydrogen-bond acceptors (Lipinski definition) is 4. The van der Waals surface area contributed by atoms with Crippen LogP contribution < -0.4 is 10.5 Å². The Bertz CT molecular complexity index is 568. The number of methoxy groups -OCH3 is 1. The van der Waals surface area contributed by atoms with Crippen molar-refractivity contribution in [1.82, 2.24) is 4.31 Å². The summed E-state index contributed by atoms with van der Waals surface area (Å²) in [7, 11) is -2.02. The predicted octanol–water partition coefficient (Wildman–Crippen LogP) is 1.72. The molecule has 0 bridgehead atoms. The summed E-state index contributed by atoms with van der Waals surface area (Å²) in [6, 6.07) is 5.19. The Hall–Kier alpha value is -1.11. The Labute approximate surface area is 120 Å². The van der Waals surface area contributed by atoms with Crippen molar-refractivity contribution in [1.29, 1.82) is 0 Å². The lowest BCUT2D eigenvalue weighted by Crippen LogP contribution is -2.34. The molecule has 0 aromatic heterocycles. The molecule has 2 N–H and O–H groups in total. The van der Waals surface area contributed by atoms with Gasteiger partial charge in [-0.25, -0.2) is 8.42 Å². The average molecular weight is 298 g/mol. The van der Waals surface area contributed by atoms with Gasteiger partial charge in [-0.1, -0.05) is 13.0 Å². The Morgan fingerprint density at radius 2 is 2.10 bits per heavy atom. The van der Waals surface area contributed by atoms with Crippen LogP contribution in [0.2, 0.25) is 0 Å². The third-order valence-electron chi connectivity index (χ3n) is 3.45. The standard InChI is InChI=1S/C14H22N2O3S/c1-3-8-16(12-5-6-12)20(17,18)14-7-4-11(10-15)9-13(14)19-2/h4,7,9,12H,3,5-6,8,10,15H2,1-2H3. The molecule has 1 aromatic rings. The quantitative estimate of drug-likeness (QED) is 0.832. The van der Waals surface area contributed by atoms with Gasteiger partial charge in [0, 0.05) is 19.1 Å². The Balaban J connectivity index is 2.41.